The zero-order chi connectivity index (χ0) is 18.7. The van der Waals surface area contributed by atoms with E-state index < -0.39 is 22.0 Å². The van der Waals surface area contributed by atoms with Gasteiger partial charge in [-0.25, -0.2) is 8.42 Å². The summed E-state index contributed by atoms with van der Waals surface area (Å²) >= 11 is 0. The number of aromatic amines is 1. The van der Waals surface area contributed by atoms with E-state index in [0.29, 0.717) is 5.56 Å². The summed E-state index contributed by atoms with van der Waals surface area (Å²) in [7, 11) is -2.69. The second-order valence-electron chi connectivity index (χ2n) is 5.64. The number of carbonyl (C=O) groups is 1. The van der Waals surface area contributed by atoms with E-state index in [-0.39, 0.29) is 17.1 Å². The van der Waals surface area contributed by atoms with Crippen molar-refractivity contribution in [3.05, 3.63) is 54.5 Å². The van der Waals surface area contributed by atoms with E-state index in [1.807, 2.05) is 24.3 Å². The number of methoxy groups -OCH3 is 1. The number of sulfonamides is 1. The largest absolute Gasteiger partial charge is 0.495 e. The van der Waals surface area contributed by atoms with E-state index in [2.05, 4.69) is 14.7 Å². The first-order chi connectivity index (χ1) is 12.4. The molecule has 0 bridgehead atoms. The second kappa shape index (κ2) is 7.14. The topological polar surface area (TPSA) is 121 Å². The van der Waals surface area contributed by atoms with Crippen LogP contribution in [0.4, 0.5) is 0 Å². The first-order valence-electron chi connectivity index (χ1n) is 7.70. The average molecular weight is 375 g/mol. The van der Waals surface area contributed by atoms with Crippen LogP contribution in [0, 0.1) is 0 Å². The molecule has 0 spiro atoms. The Morgan fingerprint density at radius 3 is 2.85 bits per heavy atom. The normalized spacial score (nSPS) is 12.8. The Morgan fingerprint density at radius 1 is 1.35 bits per heavy atom. The van der Waals surface area contributed by atoms with Crippen molar-refractivity contribution in [2.24, 2.45) is 0 Å². The van der Waals surface area contributed by atoms with E-state index >= 15 is 0 Å². The molecule has 3 rings (SSSR count). The van der Waals surface area contributed by atoms with Gasteiger partial charge in [0.25, 0.3) is 0 Å². The molecule has 0 aliphatic rings. The Kier molecular flexibility index (Phi) is 4.92. The molecule has 0 amide bonds. The zero-order valence-electron chi connectivity index (χ0n) is 13.8. The number of aliphatic carboxylic acids is 1. The molecule has 26 heavy (non-hydrogen) atoms. The quantitative estimate of drug-likeness (QED) is 0.576. The molecule has 1 atom stereocenters. The summed E-state index contributed by atoms with van der Waals surface area (Å²) in [5.74, 6) is -1.01. The van der Waals surface area contributed by atoms with Crippen LogP contribution in [-0.2, 0) is 21.2 Å². The van der Waals surface area contributed by atoms with Gasteiger partial charge in [-0.1, -0.05) is 18.2 Å². The van der Waals surface area contributed by atoms with Crippen molar-refractivity contribution in [3.63, 3.8) is 0 Å². The molecule has 2 heterocycles. The summed E-state index contributed by atoms with van der Waals surface area (Å²) in [6, 6.07) is 7.35. The van der Waals surface area contributed by atoms with E-state index in [9.17, 15) is 18.3 Å². The van der Waals surface area contributed by atoms with Crippen LogP contribution in [0.2, 0.25) is 0 Å². The lowest BCUT2D eigenvalue weighted by Crippen LogP contribution is -2.42. The number of aromatic nitrogens is 2. The molecule has 0 saturated carbocycles. The number of carboxylic acids is 1. The van der Waals surface area contributed by atoms with Gasteiger partial charge in [0, 0.05) is 35.8 Å². The van der Waals surface area contributed by atoms with Crippen LogP contribution < -0.4 is 9.46 Å². The molecule has 136 valence electrons. The summed E-state index contributed by atoms with van der Waals surface area (Å²) in [4.78, 5) is 18.3. The maximum absolute atomic E-state index is 12.5. The van der Waals surface area contributed by atoms with Crippen LogP contribution in [0.15, 0.2) is 53.8 Å². The second-order valence-corrected chi connectivity index (χ2v) is 7.35. The highest BCUT2D eigenvalue weighted by Crippen LogP contribution is 2.20. The van der Waals surface area contributed by atoms with Crippen LogP contribution in [0.3, 0.4) is 0 Å². The standard InChI is InChI=1S/C17H17N3O5S/c1-25-12-7-13(10-18-9-12)26(23,24)20-16(17(21)22)6-11-8-19-15-5-3-2-4-14(11)15/h2-5,7-10,16,19-20H,6H2,1H3,(H,21,22). The molecule has 1 unspecified atom stereocenters. The number of rotatable bonds is 7. The number of fused-ring (bicyclic) bond motifs is 1. The predicted octanol–water partition coefficient (Wildman–Crippen LogP) is 1.55. The first-order valence-corrected chi connectivity index (χ1v) is 9.18. The monoisotopic (exact) mass is 375 g/mol. The fraction of sp³-hybridized carbons (Fsp3) is 0.176. The number of nitrogens with zero attached hydrogens (tertiary/aromatic N) is 1. The lowest BCUT2D eigenvalue weighted by atomic mass is 10.1. The SMILES string of the molecule is COc1cncc(S(=O)(=O)NC(Cc2c[nH]c3ccccc23)C(=O)O)c1. The van der Waals surface area contributed by atoms with Gasteiger partial charge >= 0.3 is 5.97 Å². The van der Waals surface area contributed by atoms with Crippen molar-refractivity contribution in [3.8, 4) is 5.75 Å². The molecule has 0 aliphatic heterocycles. The number of hydrogen-bond donors (Lipinski definition) is 3. The van der Waals surface area contributed by atoms with E-state index in [4.69, 9.17) is 4.74 Å². The third kappa shape index (κ3) is 3.68. The van der Waals surface area contributed by atoms with Crippen molar-refractivity contribution in [2.75, 3.05) is 7.11 Å². The summed E-state index contributed by atoms with van der Waals surface area (Å²) < 4.78 is 32.2. The van der Waals surface area contributed by atoms with Gasteiger partial charge in [-0.05, 0) is 11.6 Å². The molecular formula is C17H17N3O5S. The van der Waals surface area contributed by atoms with Crippen molar-refractivity contribution in [1.82, 2.24) is 14.7 Å². The third-order valence-electron chi connectivity index (χ3n) is 3.93. The maximum Gasteiger partial charge on any atom is 0.322 e. The number of H-pyrrole nitrogens is 1. The fourth-order valence-electron chi connectivity index (χ4n) is 2.61. The Balaban J connectivity index is 1.87. The molecule has 8 nitrogen and oxygen atoms in total. The minimum absolute atomic E-state index is 0.00399. The van der Waals surface area contributed by atoms with Gasteiger partial charge in [0.2, 0.25) is 10.0 Å². The van der Waals surface area contributed by atoms with Crippen LogP contribution in [0.5, 0.6) is 5.75 Å². The molecule has 1 aromatic carbocycles. The average Bonchev–Trinajstić information content (AvgIpc) is 3.04. The summed E-state index contributed by atoms with van der Waals surface area (Å²) in [5, 5.41) is 10.3. The van der Waals surface area contributed by atoms with Crippen molar-refractivity contribution >= 4 is 26.9 Å². The van der Waals surface area contributed by atoms with E-state index in [0.717, 1.165) is 17.1 Å². The van der Waals surface area contributed by atoms with Gasteiger partial charge in [-0.3, -0.25) is 9.78 Å². The first kappa shape index (κ1) is 17.9. The molecule has 0 saturated heterocycles. The van der Waals surface area contributed by atoms with Crippen LogP contribution >= 0.6 is 0 Å². The highest BCUT2D eigenvalue weighted by molar-refractivity contribution is 7.89. The van der Waals surface area contributed by atoms with Crippen molar-refractivity contribution in [2.45, 2.75) is 17.4 Å². The zero-order valence-corrected chi connectivity index (χ0v) is 14.7. The maximum atomic E-state index is 12.5. The molecule has 2 aromatic heterocycles. The minimum Gasteiger partial charge on any atom is -0.495 e. The van der Waals surface area contributed by atoms with Gasteiger partial charge < -0.3 is 14.8 Å². The number of ether oxygens (including phenoxy) is 1. The number of carboxylic acid groups (broad SMARTS) is 1. The molecular weight excluding hydrogens is 358 g/mol. The van der Waals surface area contributed by atoms with Crippen molar-refractivity contribution in [1.29, 1.82) is 0 Å². The lowest BCUT2D eigenvalue weighted by Gasteiger charge is -2.15. The fourth-order valence-corrected chi connectivity index (χ4v) is 3.78. The van der Waals surface area contributed by atoms with E-state index in [1.54, 1.807) is 6.20 Å². The number of benzene rings is 1. The third-order valence-corrected chi connectivity index (χ3v) is 5.37. The van der Waals surface area contributed by atoms with Crippen LogP contribution in [0.1, 0.15) is 5.56 Å². The number of hydrogen-bond acceptors (Lipinski definition) is 5. The highest BCUT2D eigenvalue weighted by Gasteiger charge is 2.27. The molecule has 0 aliphatic carbocycles. The van der Waals surface area contributed by atoms with Crippen LogP contribution in [0.25, 0.3) is 10.9 Å². The van der Waals surface area contributed by atoms with Gasteiger partial charge in [0.1, 0.15) is 16.7 Å². The molecule has 3 aromatic rings. The Morgan fingerprint density at radius 2 is 2.12 bits per heavy atom. The van der Waals surface area contributed by atoms with Crippen LogP contribution in [-0.4, -0.2) is 42.6 Å². The Hall–Kier alpha value is -2.91. The highest BCUT2D eigenvalue weighted by atomic mass is 32.2. The molecule has 0 radical (unpaired) electrons. The smallest absolute Gasteiger partial charge is 0.322 e. The summed E-state index contributed by atoms with van der Waals surface area (Å²) in [6.45, 7) is 0. The van der Waals surface area contributed by atoms with Gasteiger partial charge in [-0.2, -0.15) is 4.72 Å². The molecule has 0 fully saturated rings. The van der Waals surface area contributed by atoms with Gasteiger partial charge in [0.05, 0.1) is 13.3 Å². The summed E-state index contributed by atoms with van der Waals surface area (Å²) in [5.41, 5.74) is 1.56. The van der Waals surface area contributed by atoms with Gasteiger partial charge in [-0.15, -0.1) is 0 Å². The summed E-state index contributed by atoms with van der Waals surface area (Å²) in [6.07, 6.45) is 4.17. The molecule has 9 heteroatoms. The minimum atomic E-state index is -4.08. The van der Waals surface area contributed by atoms with E-state index in [1.165, 1.54) is 19.4 Å². The predicted molar refractivity (Wildman–Crippen MR) is 94.5 cm³/mol. The number of para-hydroxylation sites is 1. The Bertz CT molecular complexity index is 1050. The van der Waals surface area contributed by atoms with Gasteiger partial charge in [0.15, 0.2) is 0 Å². The van der Waals surface area contributed by atoms with Crippen molar-refractivity contribution < 1.29 is 23.1 Å². The number of pyridine rings is 1. The Labute approximate surface area is 149 Å². The molecule has 3 N–H and O–H groups in total. The number of nitrogens with one attached hydrogen (secondary N) is 2. The lowest BCUT2D eigenvalue weighted by molar-refractivity contribution is -0.138.